The monoisotopic (exact) mass is 428 g/mol. The van der Waals surface area contributed by atoms with Crippen molar-refractivity contribution in [2.24, 2.45) is 0 Å². The zero-order chi connectivity index (χ0) is 20.2. The number of para-hydroxylation sites is 1. The summed E-state index contributed by atoms with van der Waals surface area (Å²) < 4.78 is 25.5. The summed E-state index contributed by atoms with van der Waals surface area (Å²) in [6.07, 6.45) is 2.52. The fourth-order valence-corrected chi connectivity index (χ4v) is 4.09. The number of carbonyl (C=O) groups excluding carboxylic acids is 1. The molecule has 2 aromatic rings. The molecule has 27 heavy (non-hydrogen) atoms. The van der Waals surface area contributed by atoms with Crippen molar-refractivity contribution in [2.45, 2.75) is 26.7 Å². The molecule has 0 unspecified atom stereocenters. The van der Waals surface area contributed by atoms with Crippen molar-refractivity contribution in [1.29, 1.82) is 0 Å². The van der Waals surface area contributed by atoms with E-state index in [-0.39, 0.29) is 15.7 Å². The molecule has 0 aromatic heterocycles. The standard InChI is InChI=1S/C19H22Cl2N2O3S/c1-4-13-8-6-9-14(5-2)19(13)22-17(24)12-23(27(3,25)26)16-11-7-10-15(20)18(16)21/h6-11H,4-5,12H2,1-3H3,(H,22,24). The van der Waals surface area contributed by atoms with Gasteiger partial charge >= 0.3 is 0 Å². The Morgan fingerprint density at radius 3 is 2.11 bits per heavy atom. The summed E-state index contributed by atoms with van der Waals surface area (Å²) in [6.45, 7) is 3.60. The quantitative estimate of drug-likeness (QED) is 0.704. The van der Waals surface area contributed by atoms with Gasteiger partial charge in [0.15, 0.2) is 0 Å². The minimum absolute atomic E-state index is 0.0839. The van der Waals surface area contributed by atoms with Gasteiger partial charge in [-0.3, -0.25) is 9.10 Å². The Hall–Kier alpha value is -1.76. The van der Waals surface area contributed by atoms with Crippen LogP contribution in [0.15, 0.2) is 36.4 Å². The second-order valence-corrected chi connectivity index (χ2v) is 8.74. The van der Waals surface area contributed by atoms with E-state index in [1.165, 1.54) is 6.07 Å². The fraction of sp³-hybridized carbons (Fsp3) is 0.316. The summed E-state index contributed by atoms with van der Waals surface area (Å²) >= 11 is 12.2. The summed E-state index contributed by atoms with van der Waals surface area (Å²) in [5.74, 6) is -0.452. The predicted molar refractivity (Wildman–Crippen MR) is 112 cm³/mol. The first kappa shape index (κ1) is 21.5. The first-order valence-electron chi connectivity index (χ1n) is 8.51. The number of sulfonamides is 1. The van der Waals surface area contributed by atoms with Crippen molar-refractivity contribution in [1.82, 2.24) is 0 Å². The summed E-state index contributed by atoms with van der Waals surface area (Å²) in [7, 11) is -3.75. The highest BCUT2D eigenvalue weighted by molar-refractivity contribution is 7.92. The van der Waals surface area contributed by atoms with Crippen LogP contribution in [0.3, 0.4) is 0 Å². The van der Waals surface area contributed by atoms with Crippen molar-refractivity contribution in [3.05, 3.63) is 57.6 Å². The number of anilines is 2. The molecule has 2 rings (SSSR count). The lowest BCUT2D eigenvalue weighted by molar-refractivity contribution is -0.114. The van der Waals surface area contributed by atoms with Crippen LogP contribution < -0.4 is 9.62 Å². The molecule has 0 aliphatic carbocycles. The summed E-state index contributed by atoms with van der Waals surface area (Å²) in [5, 5.41) is 3.17. The fourth-order valence-electron chi connectivity index (χ4n) is 2.78. The van der Waals surface area contributed by atoms with E-state index in [1.807, 2.05) is 32.0 Å². The number of aryl methyl sites for hydroxylation is 2. The Balaban J connectivity index is 2.35. The van der Waals surface area contributed by atoms with E-state index in [0.717, 1.165) is 40.2 Å². The zero-order valence-electron chi connectivity index (χ0n) is 15.4. The molecule has 0 fully saturated rings. The average molecular weight is 429 g/mol. The molecule has 2 aromatic carbocycles. The highest BCUT2D eigenvalue weighted by Gasteiger charge is 2.24. The van der Waals surface area contributed by atoms with Crippen LogP contribution in [0.5, 0.6) is 0 Å². The molecule has 0 aliphatic heterocycles. The van der Waals surface area contributed by atoms with Crippen LogP contribution in [0.4, 0.5) is 11.4 Å². The van der Waals surface area contributed by atoms with Gasteiger partial charge in [0, 0.05) is 5.69 Å². The van der Waals surface area contributed by atoms with E-state index in [4.69, 9.17) is 23.2 Å². The number of nitrogens with one attached hydrogen (secondary N) is 1. The Labute approximate surface area is 170 Å². The van der Waals surface area contributed by atoms with Crippen molar-refractivity contribution < 1.29 is 13.2 Å². The van der Waals surface area contributed by atoms with Crippen LogP contribution in [0.1, 0.15) is 25.0 Å². The first-order valence-corrected chi connectivity index (χ1v) is 11.1. The van der Waals surface area contributed by atoms with E-state index >= 15 is 0 Å². The number of hydrogen-bond acceptors (Lipinski definition) is 3. The van der Waals surface area contributed by atoms with E-state index in [2.05, 4.69) is 5.32 Å². The van der Waals surface area contributed by atoms with Gasteiger partial charge in [0.2, 0.25) is 15.9 Å². The number of benzene rings is 2. The van der Waals surface area contributed by atoms with E-state index in [1.54, 1.807) is 12.1 Å². The number of carbonyl (C=O) groups is 1. The van der Waals surface area contributed by atoms with Crippen LogP contribution in [0.25, 0.3) is 0 Å². The maximum absolute atomic E-state index is 12.7. The highest BCUT2D eigenvalue weighted by Crippen LogP contribution is 2.33. The molecule has 0 heterocycles. The molecule has 0 atom stereocenters. The number of rotatable bonds is 7. The Bertz CT molecular complexity index is 924. The van der Waals surface area contributed by atoms with Crippen molar-refractivity contribution in [3.63, 3.8) is 0 Å². The van der Waals surface area contributed by atoms with Crippen LogP contribution in [0, 0.1) is 0 Å². The zero-order valence-corrected chi connectivity index (χ0v) is 17.7. The molecule has 146 valence electrons. The number of amides is 1. The van der Waals surface area contributed by atoms with Gasteiger partial charge in [-0.25, -0.2) is 8.42 Å². The van der Waals surface area contributed by atoms with Crippen molar-refractivity contribution in [2.75, 3.05) is 22.4 Å². The van der Waals surface area contributed by atoms with Crippen LogP contribution in [-0.4, -0.2) is 27.1 Å². The molecular formula is C19H22Cl2N2O3S. The van der Waals surface area contributed by atoms with Gasteiger partial charge in [-0.15, -0.1) is 0 Å². The topological polar surface area (TPSA) is 66.5 Å². The van der Waals surface area contributed by atoms with Crippen molar-refractivity contribution in [3.8, 4) is 0 Å². The van der Waals surface area contributed by atoms with Crippen LogP contribution in [0.2, 0.25) is 10.0 Å². The minimum atomic E-state index is -3.75. The first-order chi connectivity index (χ1) is 12.7. The molecule has 0 saturated heterocycles. The molecule has 0 bridgehead atoms. The number of halogens is 2. The molecule has 5 nitrogen and oxygen atoms in total. The lowest BCUT2D eigenvalue weighted by Gasteiger charge is -2.24. The van der Waals surface area contributed by atoms with E-state index in [0.29, 0.717) is 0 Å². The summed E-state index contributed by atoms with van der Waals surface area (Å²) in [4.78, 5) is 12.7. The predicted octanol–water partition coefficient (Wildman–Crippen LogP) is 4.52. The lowest BCUT2D eigenvalue weighted by Crippen LogP contribution is -2.38. The number of nitrogens with zero attached hydrogens (tertiary/aromatic N) is 1. The van der Waals surface area contributed by atoms with Crippen molar-refractivity contribution >= 4 is 50.5 Å². The molecule has 0 radical (unpaired) electrons. The van der Waals surface area contributed by atoms with Crippen LogP contribution in [-0.2, 0) is 27.7 Å². The lowest BCUT2D eigenvalue weighted by atomic mass is 10.0. The third kappa shape index (κ3) is 5.15. The van der Waals surface area contributed by atoms with Gasteiger partial charge in [0.1, 0.15) is 6.54 Å². The molecule has 0 saturated carbocycles. The van der Waals surface area contributed by atoms with E-state index in [9.17, 15) is 13.2 Å². The van der Waals surface area contributed by atoms with Crippen LogP contribution >= 0.6 is 23.2 Å². The average Bonchev–Trinajstić information content (AvgIpc) is 2.61. The molecule has 1 N–H and O–H groups in total. The van der Waals surface area contributed by atoms with Gasteiger partial charge in [-0.1, -0.05) is 61.3 Å². The Morgan fingerprint density at radius 2 is 1.59 bits per heavy atom. The third-order valence-electron chi connectivity index (χ3n) is 4.15. The molecule has 0 aliphatic rings. The van der Waals surface area contributed by atoms with Gasteiger partial charge in [0.25, 0.3) is 0 Å². The van der Waals surface area contributed by atoms with Gasteiger partial charge in [-0.05, 0) is 36.1 Å². The summed E-state index contributed by atoms with van der Waals surface area (Å²) in [5.41, 5.74) is 2.89. The second kappa shape index (κ2) is 8.95. The normalized spacial score (nSPS) is 11.3. The molecule has 8 heteroatoms. The second-order valence-electron chi connectivity index (χ2n) is 6.05. The smallest absolute Gasteiger partial charge is 0.245 e. The number of hydrogen-bond donors (Lipinski definition) is 1. The largest absolute Gasteiger partial charge is 0.324 e. The molecule has 1 amide bonds. The molecule has 0 spiro atoms. The van der Waals surface area contributed by atoms with Gasteiger partial charge in [0.05, 0.1) is 22.0 Å². The highest BCUT2D eigenvalue weighted by atomic mass is 35.5. The Kier molecular flexibility index (Phi) is 7.14. The van der Waals surface area contributed by atoms with Gasteiger partial charge in [-0.2, -0.15) is 0 Å². The third-order valence-corrected chi connectivity index (χ3v) is 6.09. The van der Waals surface area contributed by atoms with Gasteiger partial charge < -0.3 is 5.32 Å². The maximum atomic E-state index is 12.7. The van der Waals surface area contributed by atoms with E-state index < -0.39 is 22.5 Å². The Morgan fingerprint density at radius 1 is 1.04 bits per heavy atom. The minimum Gasteiger partial charge on any atom is -0.324 e. The SMILES string of the molecule is CCc1cccc(CC)c1NC(=O)CN(c1cccc(Cl)c1Cl)S(C)(=O)=O. The maximum Gasteiger partial charge on any atom is 0.245 e. The summed E-state index contributed by atoms with van der Waals surface area (Å²) in [6, 6.07) is 10.5. The molecular weight excluding hydrogens is 407 g/mol.